The van der Waals surface area contributed by atoms with Crippen molar-refractivity contribution in [2.24, 2.45) is 0 Å². The van der Waals surface area contributed by atoms with E-state index in [1.165, 1.54) is 0 Å². The van der Waals surface area contributed by atoms with Gasteiger partial charge in [-0.1, -0.05) is 25.1 Å². The summed E-state index contributed by atoms with van der Waals surface area (Å²) in [5, 5.41) is 12.4. The molecule has 0 N–H and O–H groups in total. The van der Waals surface area contributed by atoms with E-state index in [0.717, 1.165) is 24.1 Å². The van der Waals surface area contributed by atoms with Crippen molar-refractivity contribution in [3.05, 3.63) is 52.1 Å². The number of nitrogens with zero attached hydrogens (tertiary/aromatic N) is 4. The van der Waals surface area contributed by atoms with E-state index in [-0.39, 0.29) is 5.63 Å². The van der Waals surface area contributed by atoms with Crippen LogP contribution in [0.2, 0.25) is 0 Å². The number of aromatic nitrogens is 4. The fraction of sp³-hybridized carbons (Fsp3) is 0.286. The van der Waals surface area contributed by atoms with Crippen molar-refractivity contribution in [1.82, 2.24) is 20.2 Å². The number of aryl methyl sites for hydroxylation is 1. The molecule has 0 radical (unpaired) electrons. The van der Waals surface area contributed by atoms with E-state index < -0.39 is 0 Å². The third-order valence-electron chi connectivity index (χ3n) is 3.11. The molecule has 0 unspecified atom stereocenters. The zero-order valence-corrected chi connectivity index (χ0v) is 11.1. The van der Waals surface area contributed by atoms with Gasteiger partial charge in [0.05, 0.1) is 12.1 Å². The van der Waals surface area contributed by atoms with Crippen LogP contribution in [0.4, 0.5) is 0 Å². The molecular formula is C14H14N4O2. The van der Waals surface area contributed by atoms with Crippen LogP contribution in [0.5, 0.6) is 0 Å². The average Bonchev–Trinajstić information content (AvgIpc) is 2.87. The molecule has 20 heavy (non-hydrogen) atoms. The summed E-state index contributed by atoms with van der Waals surface area (Å²) >= 11 is 0. The summed E-state index contributed by atoms with van der Waals surface area (Å²) in [6.45, 7) is 2.39. The molecule has 0 fully saturated rings. The number of para-hydroxylation sites is 1. The first-order valence-electron chi connectivity index (χ1n) is 6.54. The molecule has 0 amide bonds. The van der Waals surface area contributed by atoms with E-state index in [4.69, 9.17) is 4.42 Å². The summed E-state index contributed by atoms with van der Waals surface area (Å²) in [5.41, 5.74) is 0.793. The second-order valence-corrected chi connectivity index (χ2v) is 4.60. The molecule has 3 rings (SSSR count). The quantitative estimate of drug-likeness (QED) is 0.675. The van der Waals surface area contributed by atoms with Gasteiger partial charge in [0.2, 0.25) is 0 Å². The highest BCUT2D eigenvalue weighted by Gasteiger charge is 2.10. The molecule has 1 aromatic carbocycles. The van der Waals surface area contributed by atoms with Crippen molar-refractivity contribution < 1.29 is 4.42 Å². The van der Waals surface area contributed by atoms with Gasteiger partial charge in [0, 0.05) is 11.8 Å². The van der Waals surface area contributed by atoms with Gasteiger partial charge >= 0.3 is 5.63 Å². The second-order valence-electron chi connectivity index (χ2n) is 4.60. The van der Waals surface area contributed by atoms with Gasteiger partial charge in [0.1, 0.15) is 5.58 Å². The van der Waals surface area contributed by atoms with E-state index >= 15 is 0 Å². The molecule has 0 saturated carbocycles. The van der Waals surface area contributed by atoms with Crippen molar-refractivity contribution in [2.45, 2.75) is 26.3 Å². The van der Waals surface area contributed by atoms with Crippen LogP contribution in [-0.2, 0) is 13.0 Å². The van der Waals surface area contributed by atoms with E-state index in [9.17, 15) is 4.79 Å². The fourth-order valence-corrected chi connectivity index (χ4v) is 2.13. The Kier molecular flexibility index (Phi) is 3.28. The smallest absolute Gasteiger partial charge is 0.341 e. The Balaban J connectivity index is 2.00. The number of hydrogen-bond donors (Lipinski definition) is 0. The summed E-state index contributed by atoms with van der Waals surface area (Å²) in [4.78, 5) is 12.0. The van der Waals surface area contributed by atoms with E-state index in [1.807, 2.05) is 24.3 Å². The lowest BCUT2D eigenvalue weighted by Crippen LogP contribution is -2.14. The van der Waals surface area contributed by atoms with Crippen molar-refractivity contribution in [1.29, 1.82) is 0 Å². The van der Waals surface area contributed by atoms with Crippen LogP contribution in [0.1, 0.15) is 24.7 Å². The number of rotatable bonds is 4. The molecule has 0 aliphatic rings. The molecule has 102 valence electrons. The van der Waals surface area contributed by atoms with Crippen molar-refractivity contribution in [3.8, 4) is 0 Å². The van der Waals surface area contributed by atoms with Gasteiger partial charge in [-0.05, 0) is 29.0 Å². The third kappa shape index (κ3) is 2.32. The van der Waals surface area contributed by atoms with Gasteiger partial charge in [-0.25, -0.2) is 9.48 Å². The van der Waals surface area contributed by atoms with E-state index in [0.29, 0.717) is 17.7 Å². The van der Waals surface area contributed by atoms with Gasteiger partial charge < -0.3 is 4.42 Å². The standard InChI is InChI=1S/C14H14N4O2/c1-2-5-13-15-16-17-18(13)9-11-8-10-6-3-4-7-12(10)20-14(11)19/h3-4,6-8H,2,5,9H2,1H3. The Bertz CT molecular complexity index is 791. The van der Waals surface area contributed by atoms with Gasteiger partial charge in [0.25, 0.3) is 0 Å². The van der Waals surface area contributed by atoms with Crippen LogP contribution >= 0.6 is 0 Å². The summed E-state index contributed by atoms with van der Waals surface area (Å²) < 4.78 is 6.95. The lowest BCUT2D eigenvalue weighted by atomic mass is 10.2. The number of benzene rings is 1. The fourth-order valence-electron chi connectivity index (χ4n) is 2.13. The molecule has 6 nitrogen and oxygen atoms in total. The van der Waals surface area contributed by atoms with Crippen molar-refractivity contribution in [3.63, 3.8) is 0 Å². The molecule has 0 aliphatic heterocycles. The Labute approximate surface area is 115 Å². The molecule has 0 saturated heterocycles. The minimum Gasteiger partial charge on any atom is -0.422 e. The molecular weight excluding hydrogens is 256 g/mol. The topological polar surface area (TPSA) is 73.8 Å². The van der Waals surface area contributed by atoms with Crippen LogP contribution in [-0.4, -0.2) is 20.2 Å². The van der Waals surface area contributed by atoms with Gasteiger partial charge in [-0.3, -0.25) is 0 Å². The molecule has 2 heterocycles. The zero-order chi connectivity index (χ0) is 13.9. The largest absolute Gasteiger partial charge is 0.422 e. The highest BCUT2D eigenvalue weighted by atomic mass is 16.4. The van der Waals surface area contributed by atoms with Crippen LogP contribution in [0, 0.1) is 0 Å². The maximum Gasteiger partial charge on any atom is 0.341 e. The Morgan fingerprint density at radius 3 is 3.00 bits per heavy atom. The third-order valence-corrected chi connectivity index (χ3v) is 3.11. The Morgan fingerprint density at radius 2 is 2.15 bits per heavy atom. The van der Waals surface area contributed by atoms with E-state index in [2.05, 4.69) is 22.4 Å². The predicted molar refractivity (Wildman–Crippen MR) is 73.4 cm³/mol. The lowest BCUT2D eigenvalue weighted by molar-refractivity contribution is 0.532. The summed E-state index contributed by atoms with van der Waals surface area (Å²) in [6, 6.07) is 9.27. The van der Waals surface area contributed by atoms with Gasteiger partial charge in [0.15, 0.2) is 5.82 Å². The van der Waals surface area contributed by atoms with Gasteiger partial charge in [-0.15, -0.1) is 5.10 Å². The SMILES string of the molecule is CCCc1nnnn1Cc1cc2ccccc2oc1=O. The zero-order valence-electron chi connectivity index (χ0n) is 11.1. The van der Waals surface area contributed by atoms with Crippen LogP contribution < -0.4 is 5.63 Å². The minimum absolute atomic E-state index is 0.329. The van der Waals surface area contributed by atoms with E-state index in [1.54, 1.807) is 10.7 Å². The molecule has 0 bridgehead atoms. The maximum atomic E-state index is 12.0. The molecule has 0 spiro atoms. The predicted octanol–water partition coefficient (Wildman–Crippen LogP) is 1.78. The number of fused-ring (bicyclic) bond motifs is 1. The summed E-state index contributed by atoms with van der Waals surface area (Å²) in [5.74, 6) is 0.778. The van der Waals surface area contributed by atoms with Crippen LogP contribution in [0.25, 0.3) is 11.0 Å². The number of tetrazole rings is 1. The normalized spacial score (nSPS) is 11.1. The summed E-state index contributed by atoms with van der Waals surface area (Å²) in [6.07, 6.45) is 1.73. The first kappa shape index (κ1) is 12.5. The Morgan fingerprint density at radius 1 is 1.30 bits per heavy atom. The highest BCUT2D eigenvalue weighted by Crippen LogP contribution is 2.13. The first-order valence-corrected chi connectivity index (χ1v) is 6.54. The number of hydrogen-bond acceptors (Lipinski definition) is 5. The van der Waals surface area contributed by atoms with Crippen LogP contribution in [0.3, 0.4) is 0 Å². The molecule has 0 aliphatic carbocycles. The lowest BCUT2D eigenvalue weighted by Gasteiger charge is -2.04. The average molecular weight is 270 g/mol. The highest BCUT2D eigenvalue weighted by molar-refractivity contribution is 5.76. The van der Waals surface area contributed by atoms with Crippen molar-refractivity contribution in [2.75, 3.05) is 0 Å². The maximum absolute atomic E-state index is 12.0. The summed E-state index contributed by atoms with van der Waals surface area (Å²) in [7, 11) is 0. The second kappa shape index (κ2) is 5.24. The minimum atomic E-state index is -0.346. The molecule has 0 atom stereocenters. The van der Waals surface area contributed by atoms with Crippen LogP contribution in [0.15, 0.2) is 39.5 Å². The Hall–Kier alpha value is -2.50. The first-order chi connectivity index (χ1) is 9.78. The molecule has 2 aromatic heterocycles. The van der Waals surface area contributed by atoms with Gasteiger partial charge in [-0.2, -0.15) is 0 Å². The molecule has 3 aromatic rings. The monoisotopic (exact) mass is 270 g/mol. The van der Waals surface area contributed by atoms with Crippen molar-refractivity contribution >= 4 is 11.0 Å². The molecule has 6 heteroatoms.